The van der Waals surface area contributed by atoms with Crippen LogP contribution in [-0.4, -0.2) is 6.61 Å². The molecule has 3 atom stereocenters. The molecule has 0 unspecified atom stereocenters. The van der Waals surface area contributed by atoms with Crippen molar-refractivity contribution >= 4 is 27.6 Å². The van der Waals surface area contributed by atoms with Crippen LogP contribution in [0.5, 0.6) is 0 Å². The molecule has 1 N–H and O–H groups in total. The summed E-state index contributed by atoms with van der Waals surface area (Å²) in [6.45, 7) is 0.731. The van der Waals surface area contributed by atoms with Crippen molar-refractivity contribution < 1.29 is 13.5 Å². The predicted molar refractivity (Wildman–Crippen MR) is 108 cm³/mol. The van der Waals surface area contributed by atoms with Crippen molar-refractivity contribution in [3.05, 3.63) is 77.6 Å². The van der Waals surface area contributed by atoms with Crippen molar-refractivity contribution in [2.75, 3.05) is 11.9 Å². The van der Waals surface area contributed by atoms with Crippen molar-refractivity contribution in [1.82, 2.24) is 0 Å². The molecule has 3 heterocycles. The van der Waals surface area contributed by atoms with E-state index in [1.165, 1.54) is 11.6 Å². The van der Waals surface area contributed by atoms with Crippen LogP contribution in [0, 0.1) is 11.7 Å². The van der Waals surface area contributed by atoms with E-state index >= 15 is 0 Å². The van der Waals surface area contributed by atoms with Gasteiger partial charge in [-0.15, -0.1) is 0 Å². The van der Waals surface area contributed by atoms with Crippen molar-refractivity contribution in [2.45, 2.75) is 25.0 Å². The number of furan rings is 1. The van der Waals surface area contributed by atoms with Crippen molar-refractivity contribution in [2.24, 2.45) is 5.92 Å². The minimum atomic E-state index is -0.210. The van der Waals surface area contributed by atoms with Crippen molar-refractivity contribution in [3.8, 4) is 0 Å². The second-order valence-corrected chi connectivity index (χ2v) is 7.80. The molecule has 1 fully saturated rings. The van der Waals surface area contributed by atoms with Gasteiger partial charge in [-0.25, -0.2) is 4.39 Å². The van der Waals surface area contributed by atoms with Gasteiger partial charge in [-0.1, -0.05) is 24.3 Å². The quantitative estimate of drug-likeness (QED) is 0.421. The van der Waals surface area contributed by atoms with E-state index in [0.29, 0.717) is 0 Å². The number of ether oxygens (including phenoxy) is 1. The summed E-state index contributed by atoms with van der Waals surface area (Å²) in [5.41, 5.74) is 4.93. The molecule has 3 nitrogen and oxygen atoms in total. The van der Waals surface area contributed by atoms with E-state index in [1.54, 1.807) is 6.07 Å². The molecule has 0 aliphatic carbocycles. The molecule has 0 bridgehead atoms. The lowest BCUT2D eigenvalue weighted by molar-refractivity contribution is -0.0382. The molecule has 1 aromatic heterocycles. The van der Waals surface area contributed by atoms with Gasteiger partial charge in [0.2, 0.25) is 0 Å². The van der Waals surface area contributed by atoms with Crippen LogP contribution in [0.3, 0.4) is 0 Å². The van der Waals surface area contributed by atoms with Crippen LogP contribution in [0.15, 0.2) is 65.1 Å². The second kappa shape index (κ2) is 6.08. The largest absolute Gasteiger partial charge is 0.456 e. The van der Waals surface area contributed by atoms with E-state index < -0.39 is 0 Å². The van der Waals surface area contributed by atoms with Gasteiger partial charge < -0.3 is 14.5 Å². The maximum atomic E-state index is 13.9. The second-order valence-electron chi connectivity index (χ2n) is 7.80. The molecule has 2 aliphatic rings. The van der Waals surface area contributed by atoms with Gasteiger partial charge in [0.15, 0.2) is 0 Å². The number of fused-ring (bicyclic) bond motifs is 6. The Bertz CT molecular complexity index is 1200. The average molecular weight is 373 g/mol. The van der Waals surface area contributed by atoms with Gasteiger partial charge >= 0.3 is 0 Å². The monoisotopic (exact) mass is 373 g/mol. The van der Waals surface area contributed by atoms with Crippen LogP contribution in [0.25, 0.3) is 21.9 Å². The lowest BCUT2D eigenvalue weighted by Crippen LogP contribution is -2.36. The molecule has 0 amide bonds. The summed E-state index contributed by atoms with van der Waals surface area (Å²) < 4.78 is 26.0. The molecule has 140 valence electrons. The highest BCUT2D eigenvalue weighted by atomic mass is 19.1. The molecule has 2 aliphatic heterocycles. The number of para-hydroxylation sites is 1. The lowest BCUT2D eigenvalue weighted by Gasteiger charge is -2.43. The maximum Gasteiger partial charge on any atom is 0.135 e. The standard InChI is InChI=1S/C24H20FNO2/c25-15-8-9-20-19(13-15)24-17(5-3-11-27-24)23(26-20)14-7-10-22-18(12-14)16-4-1-2-6-21(16)28-22/h1-2,4,6-10,12-13,17,23-24,26H,3,5,11H2/t17-,23+,24-/m1/s1. The van der Waals surface area contributed by atoms with E-state index in [1.807, 2.05) is 24.3 Å². The minimum absolute atomic E-state index is 0.0671. The zero-order valence-electron chi connectivity index (χ0n) is 15.3. The molecule has 28 heavy (non-hydrogen) atoms. The van der Waals surface area contributed by atoms with Crippen LogP contribution in [0.1, 0.15) is 36.1 Å². The summed E-state index contributed by atoms with van der Waals surface area (Å²) in [4.78, 5) is 0. The first-order valence-corrected chi connectivity index (χ1v) is 9.87. The Morgan fingerprint density at radius 2 is 1.82 bits per heavy atom. The van der Waals surface area contributed by atoms with Gasteiger partial charge in [0.25, 0.3) is 0 Å². The number of halogens is 1. The molecule has 0 spiro atoms. The number of rotatable bonds is 1. The summed E-state index contributed by atoms with van der Waals surface area (Å²) in [7, 11) is 0. The first-order valence-electron chi connectivity index (χ1n) is 9.87. The SMILES string of the molecule is Fc1ccc2c(c1)[C@@H]1OCCC[C@@H]1[C@H](c1ccc3oc4ccccc4c3c1)N2. The maximum absolute atomic E-state index is 13.9. The Labute approximate surface area is 162 Å². The number of hydrogen-bond acceptors (Lipinski definition) is 3. The number of hydrogen-bond donors (Lipinski definition) is 1. The molecule has 4 aromatic rings. The van der Waals surface area contributed by atoms with E-state index in [4.69, 9.17) is 9.15 Å². The third-order valence-corrected chi connectivity index (χ3v) is 6.19. The Hall–Kier alpha value is -2.85. The van der Waals surface area contributed by atoms with E-state index in [0.717, 1.165) is 52.6 Å². The van der Waals surface area contributed by atoms with Crippen molar-refractivity contribution in [1.29, 1.82) is 0 Å². The van der Waals surface area contributed by atoms with E-state index in [2.05, 4.69) is 29.6 Å². The molecule has 1 saturated heterocycles. The lowest BCUT2D eigenvalue weighted by atomic mass is 9.77. The average Bonchev–Trinajstić information content (AvgIpc) is 3.11. The Morgan fingerprint density at radius 3 is 2.79 bits per heavy atom. The fourth-order valence-electron chi connectivity index (χ4n) is 4.91. The number of anilines is 1. The van der Waals surface area contributed by atoms with Crippen LogP contribution < -0.4 is 5.32 Å². The number of benzene rings is 3. The molecular weight excluding hydrogens is 353 g/mol. The molecule has 6 rings (SSSR count). The summed E-state index contributed by atoms with van der Waals surface area (Å²) in [6, 6.07) is 19.7. The summed E-state index contributed by atoms with van der Waals surface area (Å²) in [5, 5.41) is 5.93. The molecular formula is C24H20FNO2. The highest BCUT2D eigenvalue weighted by Gasteiger charge is 2.40. The zero-order chi connectivity index (χ0) is 18.7. The summed E-state index contributed by atoms with van der Waals surface area (Å²) in [5.74, 6) is 0.0666. The summed E-state index contributed by atoms with van der Waals surface area (Å²) in [6.07, 6.45) is 2.02. The summed E-state index contributed by atoms with van der Waals surface area (Å²) >= 11 is 0. The Morgan fingerprint density at radius 1 is 0.929 bits per heavy atom. The highest BCUT2D eigenvalue weighted by Crippen LogP contribution is 2.49. The van der Waals surface area contributed by atoms with Gasteiger partial charge in [-0.2, -0.15) is 0 Å². The van der Waals surface area contributed by atoms with Gasteiger partial charge in [-0.05, 0) is 54.8 Å². The fraction of sp³-hybridized carbons (Fsp3) is 0.250. The first-order chi connectivity index (χ1) is 13.8. The zero-order valence-corrected chi connectivity index (χ0v) is 15.3. The van der Waals surface area contributed by atoms with Gasteiger partial charge in [0.1, 0.15) is 17.0 Å². The molecule has 0 radical (unpaired) electrons. The predicted octanol–water partition coefficient (Wildman–Crippen LogP) is 6.36. The third kappa shape index (κ3) is 2.38. The first kappa shape index (κ1) is 16.1. The third-order valence-electron chi connectivity index (χ3n) is 6.19. The Kier molecular flexibility index (Phi) is 3.50. The van der Waals surface area contributed by atoms with Crippen LogP contribution in [-0.2, 0) is 4.74 Å². The van der Waals surface area contributed by atoms with Gasteiger partial charge in [0, 0.05) is 34.5 Å². The normalized spacial score (nSPS) is 24.0. The molecule has 3 aromatic carbocycles. The number of nitrogens with one attached hydrogen (secondary N) is 1. The van der Waals surface area contributed by atoms with Gasteiger partial charge in [0.05, 0.1) is 12.1 Å². The Balaban J connectivity index is 1.49. The van der Waals surface area contributed by atoms with Crippen LogP contribution in [0.2, 0.25) is 0 Å². The van der Waals surface area contributed by atoms with Crippen LogP contribution in [0.4, 0.5) is 10.1 Å². The molecule has 0 saturated carbocycles. The van der Waals surface area contributed by atoms with Crippen LogP contribution >= 0.6 is 0 Å². The van der Waals surface area contributed by atoms with E-state index in [-0.39, 0.29) is 23.9 Å². The minimum Gasteiger partial charge on any atom is -0.456 e. The smallest absolute Gasteiger partial charge is 0.135 e. The topological polar surface area (TPSA) is 34.4 Å². The van der Waals surface area contributed by atoms with Gasteiger partial charge in [-0.3, -0.25) is 0 Å². The van der Waals surface area contributed by atoms with E-state index in [9.17, 15) is 4.39 Å². The molecule has 4 heteroatoms. The van der Waals surface area contributed by atoms with Crippen molar-refractivity contribution in [3.63, 3.8) is 0 Å². The fourth-order valence-corrected chi connectivity index (χ4v) is 4.91. The highest BCUT2D eigenvalue weighted by molar-refractivity contribution is 6.05.